The number of aromatic nitrogens is 2. The van der Waals surface area contributed by atoms with Crippen molar-refractivity contribution >= 4 is 10.0 Å². The van der Waals surface area contributed by atoms with Crippen molar-refractivity contribution in [3.8, 4) is 6.01 Å². The predicted octanol–water partition coefficient (Wildman–Crippen LogP) is 3.92. The Morgan fingerprint density at radius 2 is 1.60 bits per heavy atom. The second-order valence-corrected chi connectivity index (χ2v) is 9.35. The number of nitrogens with one attached hydrogen (secondary N) is 1. The number of rotatable bonds is 6. The third-order valence-electron chi connectivity index (χ3n) is 4.89. The van der Waals surface area contributed by atoms with Crippen LogP contribution in [0.1, 0.15) is 48.2 Å². The van der Waals surface area contributed by atoms with Crippen LogP contribution in [0, 0.1) is 13.8 Å². The number of benzene rings is 1. The smallest absolute Gasteiger partial charge is 0.416 e. The van der Waals surface area contributed by atoms with E-state index in [1.54, 1.807) is 0 Å². The minimum absolute atomic E-state index is 0.0816. The van der Waals surface area contributed by atoms with Crippen molar-refractivity contribution in [3.05, 3.63) is 52.8 Å². The van der Waals surface area contributed by atoms with E-state index < -0.39 is 21.8 Å². The minimum atomic E-state index is -4.45. The summed E-state index contributed by atoms with van der Waals surface area (Å²) >= 11 is 0. The number of nitrogens with zero attached hydrogens (tertiary/aromatic N) is 2. The fraction of sp³-hybridized carbons (Fsp3) is 0.500. The van der Waals surface area contributed by atoms with E-state index in [1.165, 1.54) is 12.1 Å². The molecule has 0 aliphatic heterocycles. The summed E-state index contributed by atoms with van der Waals surface area (Å²) in [7, 11) is -3.67. The lowest BCUT2D eigenvalue weighted by atomic mass is 9.94. The molecule has 1 fully saturated rings. The first-order valence-corrected chi connectivity index (χ1v) is 11.3. The predicted molar refractivity (Wildman–Crippen MR) is 105 cm³/mol. The van der Waals surface area contributed by atoms with Gasteiger partial charge < -0.3 is 4.74 Å². The summed E-state index contributed by atoms with van der Waals surface area (Å²) in [5.74, 6) is -0.363. The van der Waals surface area contributed by atoms with Crippen molar-refractivity contribution in [2.24, 2.45) is 0 Å². The summed E-state index contributed by atoms with van der Waals surface area (Å²) in [6.45, 7) is 3.73. The Balaban J connectivity index is 1.51. The summed E-state index contributed by atoms with van der Waals surface area (Å²) in [5.41, 5.74) is 1.15. The van der Waals surface area contributed by atoms with Crippen LogP contribution in [-0.4, -0.2) is 30.5 Å². The van der Waals surface area contributed by atoms with Gasteiger partial charge in [-0.15, -0.1) is 0 Å². The number of ether oxygens (including phenoxy) is 1. The van der Waals surface area contributed by atoms with Gasteiger partial charge in [0.15, 0.2) is 0 Å². The summed E-state index contributed by atoms with van der Waals surface area (Å²) in [4.78, 5) is 8.52. The van der Waals surface area contributed by atoms with Crippen molar-refractivity contribution in [2.75, 3.05) is 0 Å². The molecule has 1 N–H and O–H groups in total. The molecule has 0 radical (unpaired) electrons. The highest BCUT2D eigenvalue weighted by molar-refractivity contribution is 7.88. The molecule has 10 heteroatoms. The quantitative estimate of drug-likeness (QED) is 0.732. The lowest BCUT2D eigenvalue weighted by molar-refractivity contribution is -0.137. The van der Waals surface area contributed by atoms with Gasteiger partial charge in [-0.2, -0.15) is 13.2 Å². The third-order valence-corrected chi connectivity index (χ3v) is 6.30. The molecule has 1 aromatic heterocycles. The van der Waals surface area contributed by atoms with Crippen molar-refractivity contribution in [1.29, 1.82) is 0 Å². The summed E-state index contributed by atoms with van der Waals surface area (Å²) in [6, 6.07) is 6.12. The Morgan fingerprint density at radius 3 is 2.13 bits per heavy atom. The number of aryl methyl sites for hydroxylation is 2. The third kappa shape index (κ3) is 6.40. The average molecular weight is 443 g/mol. The lowest BCUT2D eigenvalue weighted by Gasteiger charge is -2.28. The molecule has 1 saturated carbocycles. The van der Waals surface area contributed by atoms with E-state index in [4.69, 9.17) is 4.74 Å². The fourth-order valence-corrected chi connectivity index (χ4v) is 4.96. The van der Waals surface area contributed by atoms with Gasteiger partial charge in [-0.25, -0.2) is 23.1 Å². The topological polar surface area (TPSA) is 81.2 Å². The summed E-state index contributed by atoms with van der Waals surface area (Å²) in [6.07, 6.45) is -2.02. The second kappa shape index (κ2) is 8.89. The van der Waals surface area contributed by atoms with E-state index >= 15 is 0 Å². The van der Waals surface area contributed by atoms with Crippen molar-refractivity contribution < 1.29 is 26.3 Å². The molecule has 0 unspecified atom stereocenters. The van der Waals surface area contributed by atoms with Crippen LogP contribution in [0.25, 0.3) is 0 Å². The van der Waals surface area contributed by atoms with Crippen LogP contribution in [0.3, 0.4) is 0 Å². The molecule has 0 saturated heterocycles. The molecule has 3 rings (SSSR count). The Hall–Kier alpha value is -2.20. The normalized spacial score (nSPS) is 20.2. The number of halogens is 3. The van der Waals surface area contributed by atoms with E-state index in [0.717, 1.165) is 23.5 Å². The maximum atomic E-state index is 12.6. The molecule has 6 nitrogen and oxygen atoms in total. The van der Waals surface area contributed by atoms with Gasteiger partial charge in [-0.05, 0) is 63.3 Å². The van der Waals surface area contributed by atoms with E-state index in [1.807, 2.05) is 19.9 Å². The minimum Gasteiger partial charge on any atom is -0.460 e. The van der Waals surface area contributed by atoms with Crippen molar-refractivity contribution in [1.82, 2.24) is 14.7 Å². The van der Waals surface area contributed by atoms with Gasteiger partial charge in [0, 0.05) is 17.4 Å². The molecule has 0 bridgehead atoms. The van der Waals surface area contributed by atoms with E-state index in [-0.39, 0.29) is 17.9 Å². The Labute approximate surface area is 173 Å². The highest BCUT2D eigenvalue weighted by Gasteiger charge is 2.30. The van der Waals surface area contributed by atoms with Gasteiger partial charge in [-0.3, -0.25) is 0 Å². The Morgan fingerprint density at radius 1 is 1.03 bits per heavy atom. The van der Waals surface area contributed by atoms with Crippen molar-refractivity contribution in [3.63, 3.8) is 0 Å². The molecule has 1 aromatic carbocycles. The first kappa shape index (κ1) is 22.5. The maximum absolute atomic E-state index is 12.6. The van der Waals surface area contributed by atoms with Gasteiger partial charge in [0.25, 0.3) is 0 Å². The number of sulfonamides is 1. The number of hydrogen-bond donors (Lipinski definition) is 1. The molecule has 1 aliphatic rings. The standard InChI is InChI=1S/C20H24F3N3O3S/c1-13-11-14(2)25-19(24-13)29-18-9-7-17(8-10-18)26-30(27,28)12-15-3-5-16(6-4-15)20(21,22)23/h3-6,11,17-18,26H,7-10,12H2,1-2H3. The molecule has 164 valence electrons. The lowest BCUT2D eigenvalue weighted by Crippen LogP contribution is -2.40. The summed E-state index contributed by atoms with van der Waals surface area (Å²) < 4.78 is 71.2. The van der Waals surface area contributed by atoms with Crippen LogP contribution >= 0.6 is 0 Å². The van der Waals surface area contributed by atoms with Crippen LogP contribution in [0.4, 0.5) is 13.2 Å². The zero-order valence-electron chi connectivity index (χ0n) is 16.7. The van der Waals surface area contributed by atoms with Crippen LogP contribution in [-0.2, 0) is 22.0 Å². The molecule has 1 aliphatic carbocycles. The first-order valence-electron chi connectivity index (χ1n) is 9.65. The zero-order valence-corrected chi connectivity index (χ0v) is 17.6. The number of hydrogen-bond acceptors (Lipinski definition) is 5. The van der Waals surface area contributed by atoms with Crippen LogP contribution in [0.5, 0.6) is 6.01 Å². The molecule has 0 spiro atoms. The monoisotopic (exact) mass is 443 g/mol. The molecule has 0 amide bonds. The van der Waals surface area contributed by atoms with Gasteiger partial charge in [0.05, 0.1) is 11.3 Å². The van der Waals surface area contributed by atoms with Gasteiger partial charge >= 0.3 is 12.2 Å². The highest BCUT2D eigenvalue weighted by Crippen LogP contribution is 2.29. The van der Waals surface area contributed by atoms with Crippen LogP contribution < -0.4 is 9.46 Å². The van der Waals surface area contributed by atoms with Gasteiger partial charge in [0.1, 0.15) is 6.10 Å². The Kier molecular flexibility index (Phi) is 6.66. The van der Waals surface area contributed by atoms with E-state index in [9.17, 15) is 21.6 Å². The van der Waals surface area contributed by atoms with Crippen LogP contribution in [0.15, 0.2) is 30.3 Å². The first-order chi connectivity index (χ1) is 14.0. The van der Waals surface area contributed by atoms with Gasteiger partial charge in [-0.1, -0.05) is 12.1 Å². The SMILES string of the molecule is Cc1cc(C)nc(OC2CCC(NS(=O)(=O)Cc3ccc(C(F)(F)F)cc3)CC2)n1. The molecule has 30 heavy (non-hydrogen) atoms. The van der Waals surface area contributed by atoms with E-state index in [0.29, 0.717) is 37.3 Å². The molecule has 1 heterocycles. The maximum Gasteiger partial charge on any atom is 0.416 e. The largest absolute Gasteiger partial charge is 0.460 e. The molecular weight excluding hydrogens is 419 g/mol. The van der Waals surface area contributed by atoms with Crippen LogP contribution in [0.2, 0.25) is 0 Å². The Bertz CT molecular complexity index is 951. The average Bonchev–Trinajstić information content (AvgIpc) is 2.61. The highest BCUT2D eigenvalue weighted by atomic mass is 32.2. The zero-order chi connectivity index (χ0) is 21.9. The molecule has 0 atom stereocenters. The second-order valence-electron chi connectivity index (χ2n) is 7.60. The molecule has 2 aromatic rings. The number of alkyl halides is 3. The fourth-order valence-electron chi connectivity index (χ4n) is 3.50. The molecular formula is C20H24F3N3O3S. The van der Waals surface area contributed by atoms with E-state index in [2.05, 4.69) is 14.7 Å². The summed E-state index contributed by atoms with van der Waals surface area (Å²) in [5, 5.41) is 0. The van der Waals surface area contributed by atoms with Crippen molar-refractivity contribution in [2.45, 2.75) is 63.6 Å². The van der Waals surface area contributed by atoms with Gasteiger partial charge in [0.2, 0.25) is 10.0 Å².